The summed E-state index contributed by atoms with van der Waals surface area (Å²) in [5, 5.41) is -0.111. The molecule has 2 aromatic carbocycles. The number of carbonyl (C=O) groups excluding carboxylic acids is 2. The highest BCUT2D eigenvalue weighted by Gasteiger charge is 2.50. The van der Waals surface area contributed by atoms with E-state index in [4.69, 9.17) is 21.1 Å². The van der Waals surface area contributed by atoms with E-state index in [0.717, 1.165) is 68.5 Å². The second kappa shape index (κ2) is 14.6. The molecule has 9 nitrogen and oxygen atoms in total. The van der Waals surface area contributed by atoms with Crippen LogP contribution in [0.1, 0.15) is 99.5 Å². The van der Waals surface area contributed by atoms with Gasteiger partial charge in [-0.15, -0.1) is 0 Å². The summed E-state index contributed by atoms with van der Waals surface area (Å²) in [6.45, 7) is 5.33. The van der Waals surface area contributed by atoms with E-state index in [1.165, 1.54) is 11.1 Å². The van der Waals surface area contributed by atoms with E-state index in [-0.39, 0.29) is 47.1 Å². The molecule has 52 heavy (non-hydrogen) atoms. The molecule has 6 atom stereocenters. The van der Waals surface area contributed by atoms with Crippen LogP contribution in [0.5, 0.6) is 5.75 Å². The molecule has 5 aliphatic rings. The molecule has 2 aromatic rings. The van der Waals surface area contributed by atoms with E-state index >= 15 is 0 Å². The number of hydrogen-bond donors (Lipinski definition) is 1. The first kappa shape index (κ1) is 37.2. The zero-order chi connectivity index (χ0) is 36.8. The minimum absolute atomic E-state index is 0.0616. The number of sulfonamides is 1. The number of hydrogen-bond acceptors (Lipinski definition) is 7. The van der Waals surface area contributed by atoms with Crippen LogP contribution < -0.4 is 14.4 Å². The lowest BCUT2D eigenvalue weighted by Crippen LogP contribution is -2.54. The molecule has 0 saturated heterocycles. The van der Waals surface area contributed by atoms with Crippen molar-refractivity contribution in [2.24, 2.45) is 17.8 Å². The Labute approximate surface area is 314 Å². The fourth-order valence-corrected chi connectivity index (χ4v) is 11.2. The highest BCUT2D eigenvalue weighted by molar-refractivity contribution is 7.90. The lowest BCUT2D eigenvalue weighted by molar-refractivity contribution is -0.143. The summed E-state index contributed by atoms with van der Waals surface area (Å²) in [4.78, 5) is 32.0. The topological polar surface area (TPSA) is 105 Å². The maximum atomic E-state index is 14.1. The summed E-state index contributed by atoms with van der Waals surface area (Å²) in [6.07, 6.45) is 13.9. The van der Waals surface area contributed by atoms with Crippen molar-refractivity contribution in [2.45, 2.75) is 107 Å². The van der Waals surface area contributed by atoms with Gasteiger partial charge >= 0.3 is 0 Å². The van der Waals surface area contributed by atoms with Crippen LogP contribution in [-0.4, -0.2) is 75.9 Å². The standard InChI is InChI=1S/C41H54ClN3O6S/c1-27-9-7-20-41(50-4,23-38(46)44(3)33-11-5-6-12-33)35-16-13-31(35)24-45-25-40(19-8-10-29-21-32(42)15-17-34(29)40)26-51-37-18-14-30(22-36(37)45)39(47)43-52(48,49)28(27)2/h7,14-15,17-18,20-22,27-28,31,33,35H,5-6,8-13,16,19,23-26H2,1-4H3,(H,43,47)/b20-7+/t27-,28+,31-,35+,40-,41+/m0/s1. The fraction of sp³-hybridized carbons (Fsp3) is 0.610. The number of aryl methyl sites for hydroxylation is 1. The minimum atomic E-state index is -4.00. The summed E-state index contributed by atoms with van der Waals surface area (Å²) in [7, 11) is -0.352. The van der Waals surface area contributed by atoms with Crippen LogP contribution in [0.15, 0.2) is 48.6 Å². The van der Waals surface area contributed by atoms with Gasteiger partial charge in [-0.25, -0.2) is 13.1 Å². The second-order valence-electron chi connectivity index (χ2n) is 16.3. The Balaban J connectivity index is 1.31. The maximum Gasteiger partial charge on any atom is 0.264 e. The van der Waals surface area contributed by atoms with Gasteiger partial charge in [0.2, 0.25) is 15.9 Å². The average Bonchev–Trinajstić information content (AvgIpc) is 3.61. The Bertz CT molecular complexity index is 1830. The number of nitrogens with zero attached hydrogens (tertiary/aromatic N) is 2. The van der Waals surface area contributed by atoms with Crippen molar-refractivity contribution in [2.75, 3.05) is 38.8 Å². The molecule has 2 amide bonds. The van der Waals surface area contributed by atoms with Gasteiger partial charge in [-0.1, -0.05) is 49.6 Å². The SMILES string of the molecule is CO[C@@]1(CC(=O)N(C)C2CCCC2)/C=C/C[C@H](C)[C@@H](C)S(=O)(=O)NC(=O)c2ccc3c(c2)N(C[C@@H]2CC[C@H]21)C[C@@]1(CCCc2cc(Cl)ccc21)CO3. The van der Waals surface area contributed by atoms with Gasteiger partial charge in [0.05, 0.1) is 29.6 Å². The molecule has 2 bridgehead atoms. The predicted molar refractivity (Wildman–Crippen MR) is 205 cm³/mol. The molecule has 2 fully saturated rings. The van der Waals surface area contributed by atoms with Gasteiger partial charge in [0.25, 0.3) is 5.91 Å². The normalized spacial score (nSPS) is 32.4. The smallest absolute Gasteiger partial charge is 0.264 e. The predicted octanol–water partition coefficient (Wildman–Crippen LogP) is 7.06. The van der Waals surface area contributed by atoms with Crippen LogP contribution in [0, 0.1) is 17.8 Å². The van der Waals surface area contributed by atoms with Crippen LogP contribution in [-0.2, 0) is 31.4 Å². The van der Waals surface area contributed by atoms with Gasteiger partial charge in [0.15, 0.2) is 0 Å². The Morgan fingerprint density at radius 3 is 2.62 bits per heavy atom. The van der Waals surface area contributed by atoms with E-state index in [9.17, 15) is 18.0 Å². The summed E-state index contributed by atoms with van der Waals surface area (Å²) >= 11 is 6.48. The first-order chi connectivity index (χ1) is 24.8. The average molecular weight is 752 g/mol. The molecule has 2 aliphatic heterocycles. The first-order valence-electron chi connectivity index (χ1n) is 19.2. The molecule has 1 N–H and O–H groups in total. The lowest BCUT2D eigenvalue weighted by atomic mass is 9.62. The Morgan fingerprint density at radius 1 is 1.10 bits per heavy atom. The van der Waals surface area contributed by atoms with Crippen LogP contribution in [0.4, 0.5) is 5.69 Å². The molecular formula is C41H54ClN3O6S. The van der Waals surface area contributed by atoms with Crippen LogP contribution in [0.3, 0.4) is 0 Å². The van der Waals surface area contributed by atoms with Gasteiger partial charge in [0.1, 0.15) is 5.75 Å². The third-order valence-corrected chi connectivity index (χ3v) is 15.5. The lowest BCUT2D eigenvalue weighted by Gasteiger charge is -2.50. The number of methoxy groups -OCH3 is 1. The molecular weight excluding hydrogens is 698 g/mol. The summed E-state index contributed by atoms with van der Waals surface area (Å²) < 4.78 is 42.7. The van der Waals surface area contributed by atoms with Gasteiger partial charge in [-0.3, -0.25) is 9.59 Å². The van der Waals surface area contributed by atoms with Crippen molar-refractivity contribution >= 4 is 39.1 Å². The Kier molecular flexibility index (Phi) is 10.5. The highest BCUT2D eigenvalue weighted by atomic mass is 35.5. The number of anilines is 1. The fourth-order valence-electron chi connectivity index (χ4n) is 9.69. The van der Waals surface area contributed by atoms with E-state index in [0.29, 0.717) is 31.9 Å². The zero-order valence-electron chi connectivity index (χ0n) is 31.0. The molecule has 0 unspecified atom stereocenters. The Morgan fingerprint density at radius 2 is 1.88 bits per heavy atom. The number of carbonyl (C=O) groups is 2. The molecule has 7 rings (SSSR count). The highest BCUT2D eigenvalue weighted by Crippen LogP contribution is 2.50. The number of amides is 2. The van der Waals surface area contributed by atoms with Crippen molar-refractivity contribution in [3.05, 3.63) is 70.3 Å². The number of rotatable bonds is 4. The quantitative estimate of drug-likeness (QED) is 0.334. The van der Waals surface area contributed by atoms with E-state index in [2.05, 4.69) is 27.8 Å². The number of benzene rings is 2. The zero-order valence-corrected chi connectivity index (χ0v) is 32.6. The van der Waals surface area contributed by atoms with Crippen molar-refractivity contribution in [3.63, 3.8) is 0 Å². The number of fused-ring (bicyclic) bond motifs is 4. The largest absolute Gasteiger partial charge is 0.490 e. The number of halogens is 1. The maximum absolute atomic E-state index is 14.1. The van der Waals surface area contributed by atoms with Gasteiger partial charge < -0.3 is 19.3 Å². The molecule has 2 heterocycles. The van der Waals surface area contributed by atoms with Crippen LogP contribution in [0.2, 0.25) is 5.02 Å². The molecule has 2 saturated carbocycles. The van der Waals surface area contributed by atoms with Crippen molar-refractivity contribution in [3.8, 4) is 5.75 Å². The van der Waals surface area contributed by atoms with Crippen molar-refractivity contribution < 1.29 is 27.5 Å². The van der Waals surface area contributed by atoms with E-state index in [1.807, 2.05) is 37.1 Å². The van der Waals surface area contributed by atoms with E-state index in [1.54, 1.807) is 26.2 Å². The second-order valence-corrected chi connectivity index (χ2v) is 18.8. The summed E-state index contributed by atoms with van der Waals surface area (Å²) in [6, 6.07) is 11.7. The molecule has 11 heteroatoms. The Hall–Kier alpha value is -3.08. The molecule has 1 spiro atoms. The first-order valence-corrected chi connectivity index (χ1v) is 21.1. The van der Waals surface area contributed by atoms with Crippen molar-refractivity contribution in [1.82, 2.24) is 9.62 Å². The van der Waals surface area contributed by atoms with Gasteiger partial charge in [-0.2, -0.15) is 0 Å². The molecule has 0 radical (unpaired) electrons. The van der Waals surface area contributed by atoms with Crippen LogP contribution >= 0.6 is 11.6 Å². The van der Waals surface area contributed by atoms with Gasteiger partial charge in [-0.05, 0) is 118 Å². The van der Waals surface area contributed by atoms with Gasteiger partial charge in [0, 0.05) is 49.3 Å². The molecule has 282 valence electrons. The van der Waals surface area contributed by atoms with Crippen molar-refractivity contribution in [1.29, 1.82) is 0 Å². The monoisotopic (exact) mass is 751 g/mol. The number of nitrogens with one attached hydrogen (secondary N) is 1. The van der Waals surface area contributed by atoms with Crippen LogP contribution in [0.25, 0.3) is 0 Å². The third kappa shape index (κ3) is 7.00. The summed E-state index contributed by atoms with van der Waals surface area (Å²) in [5.74, 6) is 0.0748. The molecule has 0 aromatic heterocycles. The number of ether oxygens (including phenoxy) is 2. The minimum Gasteiger partial charge on any atom is -0.490 e. The summed E-state index contributed by atoms with van der Waals surface area (Å²) in [5.41, 5.74) is 2.37. The third-order valence-electron chi connectivity index (χ3n) is 13.3. The molecule has 3 aliphatic carbocycles. The number of allylic oxidation sites excluding steroid dienone is 1. The van der Waals surface area contributed by atoms with E-state index < -0.39 is 26.8 Å².